The molecule has 9 heteroatoms. The summed E-state index contributed by atoms with van der Waals surface area (Å²) in [6, 6.07) is 16.6. The van der Waals surface area contributed by atoms with Gasteiger partial charge in [-0.2, -0.15) is 4.31 Å². The third-order valence-corrected chi connectivity index (χ3v) is 7.17. The van der Waals surface area contributed by atoms with E-state index in [1.807, 2.05) is 42.5 Å². The van der Waals surface area contributed by atoms with Crippen LogP contribution >= 0.6 is 11.8 Å². The average molecular weight is 444 g/mol. The molecule has 1 aliphatic heterocycles. The SMILES string of the molecule is O=S(=O)(c1cccc(-c2nnc(SCC=Cc3ccccc3)o2)c1)N1CCOCC1. The summed E-state index contributed by atoms with van der Waals surface area (Å²) in [6.07, 6.45) is 4.06. The molecule has 0 aliphatic carbocycles. The molecule has 0 amide bonds. The van der Waals surface area contributed by atoms with Gasteiger partial charge < -0.3 is 9.15 Å². The minimum atomic E-state index is -3.58. The predicted octanol–water partition coefficient (Wildman–Crippen LogP) is 3.56. The van der Waals surface area contributed by atoms with Gasteiger partial charge in [0.25, 0.3) is 5.22 Å². The number of rotatable bonds is 7. The van der Waals surface area contributed by atoms with Gasteiger partial charge in [-0.05, 0) is 23.8 Å². The van der Waals surface area contributed by atoms with Gasteiger partial charge in [0.15, 0.2) is 0 Å². The van der Waals surface area contributed by atoms with Crippen LogP contribution in [-0.4, -0.2) is 55.0 Å². The van der Waals surface area contributed by atoms with Gasteiger partial charge in [-0.25, -0.2) is 8.42 Å². The van der Waals surface area contributed by atoms with Crippen LogP contribution < -0.4 is 0 Å². The summed E-state index contributed by atoms with van der Waals surface area (Å²) in [5.41, 5.74) is 1.70. The molecule has 0 saturated carbocycles. The quantitative estimate of drug-likeness (QED) is 0.516. The zero-order chi connectivity index (χ0) is 20.8. The van der Waals surface area contributed by atoms with Gasteiger partial charge in [0.1, 0.15) is 0 Å². The molecule has 30 heavy (non-hydrogen) atoms. The van der Waals surface area contributed by atoms with Gasteiger partial charge in [-0.1, -0.05) is 60.3 Å². The van der Waals surface area contributed by atoms with E-state index in [1.165, 1.54) is 16.1 Å². The topological polar surface area (TPSA) is 85.5 Å². The second-order valence-corrected chi connectivity index (χ2v) is 9.45. The fourth-order valence-corrected chi connectivity index (χ4v) is 5.00. The van der Waals surface area contributed by atoms with Crippen molar-refractivity contribution >= 4 is 27.9 Å². The number of ether oxygens (including phenoxy) is 1. The summed E-state index contributed by atoms with van der Waals surface area (Å²) in [5, 5.41) is 8.56. The Kier molecular flexibility index (Phi) is 6.63. The molecule has 7 nitrogen and oxygen atoms in total. The van der Waals surface area contributed by atoms with Crippen molar-refractivity contribution in [3.63, 3.8) is 0 Å². The minimum Gasteiger partial charge on any atom is -0.411 e. The smallest absolute Gasteiger partial charge is 0.277 e. The van der Waals surface area contributed by atoms with Crippen molar-refractivity contribution in [2.75, 3.05) is 32.1 Å². The second kappa shape index (κ2) is 9.57. The Morgan fingerprint density at radius 2 is 1.83 bits per heavy atom. The number of aromatic nitrogens is 2. The minimum absolute atomic E-state index is 0.208. The third kappa shape index (κ3) is 4.99. The Hall–Kier alpha value is -2.46. The number of nitrogens with zero attached hydrogens (tertiary/aromatic N) is 3. The molecule has 3 aromatic rings. The maximum atomic E-state index is 12.9. The molecule has 1 aliphatic rings. The number of morpholine rings is 1. The second-order valence-electron chi connectivity index (χ2n) is 6.54. The van der Waals surface area contributed by atoms with E-state index in [2.05, 4.69) is 10.2 Å². The first-order chi connectivity index (χ1) is 14.6. The zero-order valence-electron chi connectivity index (χ0n) is 16.2. The van der Waals surface area contributed by atoms with Gasteiger partial charge in [-0.15, -0.1) is 10.2 Å². The van der Waals surface area contributed by atoms with Crippen LogP contribution in [0.15, 0.2) is 75.2 Å². The molecule has 0 N–H and O–H groups in total. The summed E-state index contributed by atoms with van der Waals surface area (Å²) in [4.78, 5) is 0.208. The van der Waals surface area contributed by atoms with Crippen molar-refractivity contribution in [2.45, 2.75) is 10.1 Å². The highest BCUT2D eigenvalue weighted by molar-refractivity contribution is 7.99. The summed E-state index contributed by atoms with van der Waals surface area (Å²) < 4.78 is 38.1. The molecule has 156 valence electrons. The number of benzene rings is 2. The Bertz CT molecular complexity index is 1110. The van der Waals surface area contributed by atoms with Crippen molar-refractivity contribution in [1.29, 1.82) is 0 Å². The van der Waals surface area contributed by atoms with Gasteiger partial charge >= 0.3 is 0 Å². The van der Waals surface area contributed by atoms with Crippen LogP contribution in [0.1, 0.15) is 5.56 Å². The maximum Gasteiger partial charge on any atom is 0.277 e. The fraction of sp³-hybridized carbons (Fsp3) is 0.238. The predicted molar refractivity (Wildman–Crippen MR) is 116 cm³/mol. The van der Waals surface area contributed by atoms with Gasteiger partial charge in [0.2, 0.25) is 15.9 Å². The van der Waals surface area contributed by atoms with Crippen LogP contribution in [-0.2, 0) is 14.8 Å². The van der Waals surface area contributed by atoms with E-state index in [1.54, 1.807) is 24.3 Å². The van der Waals surface area contributed by atoms with Crippen molar-refractivity contribution < 1.29 is 17.6 Å². The van der Waals surface area contributed by atoms with Crippen molar-refractivity contribution in [1.82, 2.24) is 14.5 Å². The lowest BCUT2D eigenvalue weighted by molar-refractivity contribution is 0.0730. The summed E-state index contributed by atoms with van der Waals surface area (Å²) in [7, 11) is -3.58. The van der Waals surface area contributed by atoms with Gasteiger partial charge in [-0.3, -0.25) is 0 Å². The van der Waals surface area contributed by atoms with Crippen molar-refractivity contribution in [2.24, 2.45) is 0 Å². The van der Waals surface area contributed by atoms with Gasteiger partial charge in [0.05, 0.1) is 18.1 Å². The summed E-state index contributed by atoms with van der Waals surface area (Å²) in [5.74, 6) is 0.977. The molecule has 0 unspecified atom stereocenters. The lowest BCUT2D eigenvalue weighted by Gasteiger charge is -2.26. The summed E-state index contributed by atoms with van der Waals surface area (Å²) >= 11 is 1.42. The van der Waals surface area contributed by atoms with E-state index in [9.17, 15) is 8.42 Å². The zero-order valence-corrected chi connectivity index (χ0v) is 17.8. The number of sulfonamides is 1. The Morgan fingerprint density at radius 3 is 2.63 bits per heavy atom. The van der Waals surface area contributed by atoms with Crippen LogP contribution in [0.5, 0.6) is 0 Å². The molecule has 0 spiro atoms. The molecule has 2 heterocycles. The standard InChI is InChI=1S/C21H21N3O4S2/c25-30(26,24-11-13-27-14-12-24)19-10-4-9-18(16-19)20-22-23-21(28-20)29-15-5-8-17-6-2-1-3-7-17/h1-10,16H,11-15H2. The largest absolute Gasteiger partial charge is 0.411 e. The highest BCUT2D eigenvalue weighted by Crippen LogP contribution is 2.26. The van der Waals surface area contributed by atoms with E-state index in [-0.39, 0.29) is 4.90 Å². The van der Waals surface area contributed by atoms with E-state index < -0.39 is 10.0 Å². The monoisotopic (exact) mass is 443 g/mol. The third-order valence-electron chi connectivity index (χ3n) is 4.51. The lowest BCUT2D eigenvalue weighted by Crippen LogP contribution is -2.40. The van der Waals surface area contributed by atoms with E-state index in [4.69, 9.17) is 9.15 Å². The van der Waals surface area contributed by atoms with E-state index in [0.717, 1.165) is 5.56 Å². The average Bonchev–Trinajstić information content (AvgIpc) is 3.27. The van der Waals surface area contributed by atoms with Crippen LogP contribution in [0, 0.1) is 0 Å². The Morgan fingerprint density at radius 1 is 1.03 bits per heavy atom. The van der Waals surface area contributed by atoms with Crippen LogP contribution in [0.2, 0.25) is 0 Å². The first-order valence-electron chi connectivity index (χ1n) is 9.49. The molecule has 4 rings (SSSR count). The molecule has 1 fully saturated rings. The number of thioether (sulfide) groups is 1. The molecular formula is C21H21N3O4S2. The molecule has 0 atom stereocenters. The normalized spacial score (nSPS) is 15.6. The first-order valence-corrected chi connectivity index (χ1v) is 11.9. The van der Waals surface area contributed by atoms with Crippen LogP contribution in [0.3, 0.4) is 0 Å². The molecule has 0 radical (unpaired) electrons. The van der Waals surface area contributed by atoms with Crippen LogP contribution in [0.25, 0.3) is 17.5 Å². The van der Waals surface area contributed by atoms with E-state index >= 15 is 0 Å². The van der Waals surface area contributed by atoms with Crippen molar-refractivity contribution in [3.05, 3.63) is 66.2 Å². The first kappa shape index (κ1) is 20.8. The summed E-state index contributed by atoms with van der Waals surface area (Å²) in [6.45, 7) is 1.51. The molecule has 1 aromatic heterocycles. The van der Waals surface area contributed by atoms with E-state index in [0.29, 0.717) is 48.7 Å². The number of hydrogen-bond donors (Lipinski definition) is 0. The fourth-order valence-electron chi connectivity index (χ4n) is 2.98. The molecule has 2 aromatic carbocycles. The Balaban J connectivity index is 1.43. The van der Waals surface area contributed by atoms with Crippen molar-refractivity contribution in [3.8, 4) is 11.5 Å². The Labute approximate surface area is 179 Å². The highest BCUT2D eigenvalue weighted by Gasteiger charge is 2.26. The highest BCUT2D eigenvalue weighted by atomic mass is 32.2. The molecular weight excluding hydrogens is 422 g/mol. The number of hydrogen-bond acceptors (Lipinski definition) is 7. The van der Waals surface area contributed by atoms with Crippen LogP contribution in [0.4, 0.5) is 0 Å². The molecule has 1 saturated heterocycles. The van der Waals surface area contributed by atoms with Gasteiger partial charge in [0, 0.05) is 24.4 Å². The maximum absolute atomic E-state index is 12.9. The molecule has 0 bridgehead atoms. The lowest BCUT2D eigenvalue weighted by atomic mass is 10.2.